The van der Waals surface area contributed by atoms with E-state index < -0.39 is 33.9 Å². The summed E-state index contributed by atoms with van der Waals surface area (Å²) < 4.78 is 46.3. The van der Waals surface area contributed by atoms with Gasteiger partial charge >= 0.3 is 6.09 Å². The molecule has 70 heavy (non-hydrogen) atoms. The summed E-state index contributed by atoms with van der Waals surface area (Å²) in [5.74, 6) is -1.14. The van der Waals surface area contributed by atoms with Crippen LogP contribution in [0.2, 0.25) is 5.02 Å². The number of oxazole rings is 1. The Kier molecular flexibility index (Phi) is 18.8. The van der Waals surface area contributed by atoms with Crippen molar-refractivity contribution in [2.75, 3.05) is 23.9 Å². The second-order valence-corrected chi connectivity index (χ2v) is 21.2. The Labute approximate surface area is 418 Å². The van der Waals surface area contributed by atoms with Crippen LogP contribution in [0.1, 0.15) is 151 Å². The maximum absolute atomic E-state index is 14.5. The van der Waals surface area contributed by atoms with Crippen molar-refractivity contribution >= 4 is 73.5 Å². The molecule has 2 N–H and O–H groups in total. The molecule has 1 heterocycles. The number of anilines is 2. The second kappa shape index (κ2) is 24.7. The number of Topliss-reactive ketones (excluding diaryl/α,β-unsaturated/α-hetero) is 1. The summed E-state index contributed by atoms with van der Waals surface area (Å²) in [5, 5.41) is 12.7. The summed E-state index contributed by atoms with van der Waals surface area (Å²) in [6, 6.07) is 23.0. The third-order valence-corrected chi connectivity index (χ3v) is 14.5. The molecule has 0 bridgehead atoms. The number of methoxy groups -OCH3 is 1. The number of benzene rings is 4. The normalized spacial score (nSPS) is 13.8. The van der Waals surface area contributed by atoms with Gasteiger partial charge in [-0.1, -0.05) is 122 Å². The molecule has 0 radical (unpaired) electrons. The van der Waals surface area contributed by atoms with Crippen molar-refractivity contribution in [2.45, 2.75) is 147 Å². The van der Waals surface area contributed by atoms with Gasteiger partial charge in [0.25, 0.3) is 5.91 Å². The molecule has 372 valence electrons. The van der Waals surface area contributed by atoms with Gasteiger partial charge in [0.2, 0.25) is 27.8 Å². The van der Waals surface area contributed by atoms with Crippen LogP contribution < -0.4 is 19.7 Å². The van der Waals surface area contributed by atoms with Crippen LogP contribution in [0.15, 0.2) is 88.2 Å². The number of halogens is 1. The average molecular weight is 993 g/mol. The molecule has 2 amide bonds. The first kappa shape index (κ1) is 53.3. The van der Waals surface area contributed by atoms with Gasteiger partial charge < -0.3 is 19.2 Å². The number of ether oxygens (including phenoxy) is 2. The van der Waals surface area contributed by atoms with Gasteiger partial charge in [-0.3, -0.25) is 14.5 Å². The highest BCUT2D eigenvalue weighted by atomic mass is 35.5. The standard InChI is InChI=1S/C55H66ClN5O8S/c1-7-8-9-10-11-12-13-14-15-18-31-58-70(65,66)45-28-29-47(46(56)35-45)59-52(63)51(50(62)38-22-26-44(67-6)27-23-38)69-54(64)61(42-19-16-17-20-42)43-25-21-39(37(2)32-43)33-40(36-57)53-60-48-34-41(55(3,4)5)24-30-49(48)68-53/h21-30,32-35,42,51,58H,7-20,31H2,1-6H3,(H,59,63)/b40-33+. The summed E-state index contributed by atoms with van der Waals surface area (Å²) in [5.41, 5.74) is 4.39. The Balaban J connectivity index is 1.19. The smallest absolute Gasteiger partial charge is 0.415 e. The number of ketones is 1. The number of nitriles is 1. The van der Waals surface area contributed by atoms with E-state index in [-0.39, 0.29) is 50.6 Å². The summed E-state index contributed by atoms with van der Waals surface area (Å²) in [6.07, 6.45) is 13.1. The maximum atomic E-state index is 14.5. The lowest BCUT2D eigenvalue weighted by atomic mass is 9.87. The maximum Gasteiger partial charge on any atom is 0.415 e. The zero-order valence-corrected chi connectivity index (χ0v) is 42.8. The number of carbonyl (C=O) groups excluding carboxylic acids is 3. The molecule has 1 unspecified atom stereocenters. The fraction of sp³-hybridized carbons (Fsp3) is 0.436. The van der Waals surface area contributed by atoms with Gasteiger partial charge in [-0.2, -0.15) is 5.26 Å². The third-order valence-electron chi connectivity index (χ3n) is 12.7. The van der Waals surface area contributed by atoms with Gasteiger partial charge in [-0.05, 0) is 121 Å². The molecule has 6 rings (SSSR count). The number of carbonyl (C=O) groups is 3. The highest BCUT2D eigenvalue weighted by Crippen LogP contribution is 2.34. The van der Waals surface area contributed by atoms with E-state index in [9.17, 15) is 28.1 Å². The number of nitrogens with zero attached hydrogens (tertiary/aromatic N) is 3. The highest BCUT2D eigenvalue weighted by Gasteiger charge is 2.37. The molecule has 5 aromatic rings. The number of aromatic nitrogens is 1. The van der Waals surface area contributed by atoms with Crippen LogP contribution in [0.5, 0.6) is 5.75 Å². The molecule has 1 aromatic heterocycles. The second-order valence-electron chi connectivity index (χ2n) is 19.0. The molecular formula is C55H66ClN5O8S. The minimum atomic E-state index is -3.92. The number of nitrogens with one attached hydrogen (secondary N) is 2. The van der Waals surface area contributed by atoms with E-state index in [0.29, 0.717) is 47.4 Å². The predicted molar refractivity (Wildman–Crippen MR) is 277 cm³/mol. The Morgan fingerprint density at radius 2 is 1.59 bits per heavy atom. The van der Waals surface area contributed by atoms with Crippen molar-refractivity contribution < 1.29 is 36.7 Å². The largest absolute Gasteiger partial charge is 0.497 e. The Morgan fingerprint density at radius 1 is 0.914 bits per heavy atom. The number of unbranched alkanes of at least 4 members (excludes halogenated alkanes) is 9. The quantitative estimate of drug-likeness (QED) is 0.0277. The van der Waals surface area contributed by atoms with E-state index in [1.807, 2.05) is 25.1 Å². The van der Waals surface area contributed by atoms with Gasteiger partial charge in [0.15, 0.2) is 5.58 Å². The fourth-order valence-electron chi connectivity index (χ4n) is 8.56. The van der Waals surface area contributed by atoms with Crippen LogP contribution in [0.25, 0.3) is 22.7 Å². The van der Waals surface area contributed by atoms with E-state index in [4.69, 9.17) is 25.5 Å². The highest BCUT2D eigenvalue weighted by molar-refractivity contribution is 7.89. The summed E-state index contributed by atoms with van der Waals surface area (Å²) >= 11 is 6.60. The van der Waals surface area contributed by atoms with Crippen molar-refractivity contribution in [2.24, 2.45) is 0 Å². The Hall–Kier alpha value is -6.01. The monoisotopic (exact) mass is 991 g/mol. The number of aryl methyl sites for hydroxylation is 1. The summed E-state index contributed by atoms with van der Waals surface area (Å²) in [6.45, 7) is 10.7. The first-order chi connectivity index (χ1) is 33.5. The molecule has 0 saturated heterocycles. The van der Waals surface area contributed by atoms with Gasteiger partial charge in [0.1, 0.15) is 22.9 Å². The SMILES string of the molecule is CCCCCCCCCCCCNS(=O)(=O)c1ccc(NC(=O)C(OC(=O)N(c2ccc(/C=C(\C#N)c3nc4cc(C(C)(C)C)ccc4o3)c(C)c2)C2CCCC2)C(=O)c2ccc(OC)cc2)c(Cl)c1. The minimum absolute atomic E-state index is 0.0139. The van der Waals surface area contributed by atoms with Crippen molar-refractivity contribution in [3.05, 3.63) is 112 Å². The summed E-state index contributed by atoms with van der Waals surface area (Å²) in [4.78, 5) is 49.0. The van der Waals surface area contributed by atoms with Gasteiger partial charge in [-0.15, -0.1) is 0 Å². The van der Waals surface area contributed by atoms with Gasteiger partial charge in [-0.25, -0.2) is 22.9 Å². The van der Waals surface area contributed by atoms with E-state index >= 15 is 0 Å². The number of sulfonamides is 1. The summed E-state index contributed by atoms with van der Waals surface area (Å²) in [7, 11) is -2.44. The van der Waals surface area contributed by atoms with Crippen molar-refractivity contribution in [1.82, 2.24) is 9.71 Å². The van der Waals surface area contributed by atoms with E-state index in [1.54, 1.807) is 36.4 Å². The molecule has 1 atom stereocenters. The lowest BCUT2D eigenvalue weighted by molar-refractivity contribution is -0.122. The average Bonchev–Trinajstić information content (AvgIpc) is 4.03. The first-order valence-electron chi connectivity index (χ1n) is 24.4. The zero-order chi connectivity index (χ0) is 50.4. The Bertz CT molecular complexity index is 2800. The number of allylic oxidation sites excluding steroid dienone is 1. The lowest BCUT2D eigenvalue weighted by Gasteiger charge is -2.30. The molecule has 1 aliphatic rings. The van der Waals surface area contributed by atoms with Crippen LogP contribution >= 0.6 is 11.6 Å². The number of rotatable bonds is 23. The number of hydrogen-bond donors (Lipinski definition) is 2. The lowest BCUT2D eigenvalue weighted by Crippen LogP contribution is -2.46. The first-order valence-corrected chi connectivity index (χ1v) is 26.3. The number of amides is 2. The van der Waals surface area contributed by atoms with Crippen LogP contribution in [0.3, 0.4) is 0 Å². The zero-order valence-electron chi connectivity index (χ0n) is 41.2. The van der Waals surface area contributed by atoms with E-state index in [2.05, 4.69) is 48.8 Å². The molecule has 1 aliphatic carbocycles. The van der Waals surface area contributed by atoms with Gasteiger partial charge in [0, 0.05) is 23.8 Å². The molecule has 1 fully saturated rings. The molecule has 15 heteroatoms. The van der Waals surface area contributed by atoms with Crippen LogP contribution in [-0.4, -0.2) is 57.0 Å². The van der Waals surface area contributed by atoms with Crippen molar-refractivity contribution in [3.63, 3.8) is 0 Å². The van der Waals surface area contributed by atoms with Crippen LogP contribution in [0.4, 0.5) is 16.2 Å². The number of hydrogen-bond acceptors (Lipinski definition) is 10. The molecular weight excluding hydrogens is 926 g/mol. The van der Waals surface area contributed by atoms with Crippen LogP contribution in [-0.2, 0) is 25.0 Å². The molecule has 13 nitrogen and oxygen atoms in total. The van der Waals surface area contributed by atoms with E-state index in [1.165, 1.54) is 80.9 Å². The predicted octanol–water partition coefficient (Wildman–Crippen LogP) is 13.1. The molecule has 0 aliphatic heterocycles. The minimum Gasteiger partial charge on any atom is -0.497 e. The molecule has 1 saturated carbocycles. The van der Waals surface area contributed by atoms with E-state index in [0.717, 1.165) is 43.2 Å². The Morgan fingerprint density at radius 3 is 2.20 bits per heavy atom. The van der Waals surface area contributed by atoms with Gasteiger partial charge in [0.05, 0.1) is 22.7 Å². The van der Waals surface area contributed by atoms with Crippen LogP contribution in [0, 0.1) is 18.3 Å². The fourth-order valence-corrected chi connectivity index (χ4v) is 9.95. The third kappa shape index (κ3) is 14.1. The number of fused-ring (bicyclic) bond motifs is 1. The molecule has 4 aromatic carbocycles. The van der Waals surface area contributed by atoms with Crippen molar-refractivity contribution in [1.29, 1.82) is 5.26 Å². The topological polar surface area (TPSA) is 181 Å². The van der Waals surface area contributed by atoms with Crippen molar-refractivity contribution in [3.8, 4) is 11.8 Å². The molecule has 0 spiro atoms.